The van der Waals surface area contributed by atoms with Crippen LogP contribution in [0.5, 0.6) is 0 Å². The van der Waals surface area contributed by atoms with Crippen molar-refractivity contribution in [3.8, 4) is 0 Å². The van der Waals surface area contributed by atoms with E-state index in [1.165, 1.54) is 0 Å². The number of aliphatic hydroxyl groups is 1. The zero-order valence-electron chi connectivity index (χ0n) is 7.01. The van der Waals surface area contributed by atoms with E-state index in [1.807, 2.05) is 0 Å². The summed E-state index contributed by atoms with van der Waals surface area (Å²) < 4.78 is 0. The molecule has 0 radical (unpaired) electrons. The zero-order chi connectivity index (χ0) is 8.97. The molecule has 0 aliphatic heterocycles. The van der Waals surface area contributed by atoms with E-state index in [4.69, 9.17) is 16.7 Å². The average molecular weight is 206 g/mol. The Hall–Kier alpha value is -0.120. The normalized spacial score (nSPS) is 10.6. The van der Waals surface area contributed by atoms with Crippen LogP contribution in [0.3, 0.4) is 0 Å². The molecule has 0 unspecified atom stereocenters. The van der Waals surface area contributed by atoms with Crippen LogP contribution >= 0.6 is 22.9 Å². The van der Waals surface area contributed by atoms with Gasteiger partial charge in [0.2, 0.25) is 0 Å². The molecule has 0 spiro atoms. The molecule has 0 aliphatic carbocycles. The molecule has 1 rings (SSSR count). The third kappa shape index (κ3) is 2.44. The third-order valence-electron chi connectivity index (χ3n) is 1.50. The molecule has 4 heteroatoms. The molecule has 1 aromatic rings. The van der Waals surface area contributed by atoms with E-state index in [2.05, 4.69) is 11.9 Å². The van der Waals surface area contributed by atoms with Crippen molar-refractivity contribution in [3.63, 3.8) is 0 Å². The average Bonchev–Trinajstić information content (AvgIpc) is 2.34. The van der Waals surface area contributed by atoms with E-state index in [0.29, 0.717) is 11.6 Å². The lowest BCUT2D eigenvalue weighted by atomic mass is 10.3. The summed E-state index contributed by atoms with van der Waals surface area (Å²) in [7, 11) is 0. The van der Waals surface area contributed by atoms with E-state index >= 15 is 0 Å². The summed E-state index contributed by atoms with van der Waals surface area (Å²) in [5.41, 5.74) is 0. The number of thiazole rings is 1. The van der Waals surface area contributed by atoms with E-state index in [-0.39, 0.29) is 6.61 Å². The number of halogens is 1. The Morgan fingerprint density at radius 2 is 2.25 bits per heavy atom. The van der Waals surface area contributed by atoms with Gasteiger partial charge in [-0.25, -0.2) is 4.98 Å². The molecule has 1 heterocycles. The van der Waals surface area contributed by atoms with E-state index in [9.17, 15) is 0 Å². The van der Waals surface area contributed by atoms with Gasteiger partial charge in [-0.05, 0) is 12.8 Å². The van der Waals surface area contributed by atoms with Crippen LogP contribution in [0.25, 0.3) is 0 Å². The van der Waals surface area contributed by atoms with E-state index in [1.54, 1.807) is 11.3 Å². The number of nitrogens with zero attached hydrogens (tertiary/aromatic N) is 1. The minimum Gasteiger partial charge on any atom is -0.396 e. The maximum atomic E-state index is 8.70. The van der Waals surface area contributed by atoms with Gasteiger partial charge in [0.25, 0.3) is 0 Å². The third-order valence-corrected chi connectivity index (χ3v) is 3.10. The Balaban J connectivity index is 2.70. The second-order valence-electron chi connectivity index (χ2n) is 2.55. The molecule has 2 nitrogen and oxygen atoms in total. The summed E-state index contributed by atoms with van der Waals surface area (Å²) in [5, 5.41) is 10.3. The van der Waals surface area contributed by atoms with Crippen LogP contribution in [0, 0.1) is 0 Å². The Kier molecular flexibility index (Phi) is 3.98. The van der Waals surface area contributed by atoms with Crippen molar-refractivity contribution < 1.29 is 5.11 Å². The summed E-state index contributed by atoms with van der Waals surface area (Å²) in [6.45, 7) is 2.26. The number of hydrogen-bond acceptors (Lipinski definition) is 3. The Morgan fingerprint density at radius 1 is 1.50 bits per heavy atom. The van der Waals surface area contributed by atoms with Crippen LogP contribution in [0.15, 0.2) is 0 Å². The zero-order valence-corrected chi connectivity index (χ0v) is 8.58. The number of rotatable bonds is 4. The fraction of sp³-hybridized carbons (Fsp3) is 0.625. The second kappa shape index (κ2) is 4.80. The smallest absolute Gasteiger partial charge is 0.143 e. The van der Waals surface area contributed by atoms with Gasteiger partial charge in [0.15, 0.2) is 0 Å². The molecule has 1 N–H and O–H groups in total. The highest BCUT2D eigenvalue weighted by Crippen LogP contribution is 2.24. The van der Waals surface area contributed by atoms with Crippen molar-refractivity contribution in [3.05, 3.63) is 15.0 Å². The van der Waals surface area contributed by atoms with Gasteiger partial charge >= 0.3 is 0 Å². The highest BCUT2D eigenvalue weighted by Gasteiger charge is 2.07. The lowest BCUT2D eigenvalue weighted by Gasteiger charge is -1.89. The van der Waals surface area contributed by atoms with Crippen molar-refractivity contribution in [1.29, 1.82) is 0 Å². The topological polar surface area (TPSA) is 33.1 Å². The molecule has 1 aromatic heterocycles. The first kappa shape index (κ1) is 9.96. The van der Waals surface area contributed by atoms with Gasteiger partial charge in [-0.1, -0.05) is 18.5 Å². The van der Waals surface area contributed by atoms with Gasteiger partial charge in [-0.3, -0.25) is 0 Å². The van der Waals surface area contributed by atoms with Crippen molar-refractivity contribution in [1.82, 2.24) is 4.98 Å². The van der Waals surface area contributed by atoms with Crippen molar-refractivity contribution in [2.45, 2.75) is 26.2 Å². The predicted octanol–water partition coefficient (Wildman–Crippen LogP) is 2.28. The first-order valence-electron chi connectivity index (χ1n) is 4.02. The van der Waals surface area contributed by atoms with E-state index in [0.717, 1.165) is 22.7 Å². The van der Waals surface area contributed by atoms with Crippen molar-refractivity contribution in [2.75, 3.05) is 6.61 Å². The van der Waals surface area contributed by atoms with Gasteiger partial charge in [0.05, 0.1) is 5.01 Å². The molecule has 0 amide bonds. The van der Waals surface area contributed by atoms with Crippen LogP contribution < -0.4 is 0 Å². The van der Waals surface area contributed by atoms with Gasteiger partial charge in [0.1, 0.15) is 5.15 Å². The molecule has 0 saturated heterocycles. The van der Waals surface area contributed by atoms with Crippen molar-refractivity contribution >= 4 is 22.9 Å². The summed E-state index contributed by atoms with van der Waals surface area (Å²) >= 11 is 7.45. The molecule has 0 saturated carbocycles. The SMILES string of the molecule is CCCc1nc(Cl)c(CCO)s1. The monoisotopic (exact) mass is 205 g/mol. The summed E-state index contributed by atoms with van der Waals surface area (Å²) in [6.07, 6.45) is 2.69. The number of aryl methyl sites for hydroxylation is 1. The Bertz CT molecular complexity index is 249. The molecule has 0 bridgehead atoms. The molecular weight excluding hydrogens is 194 g/mol. The standard InChI is InChI=1S/C8H12ClNOS/c1-2-3-7-10-8(9)6(12-7)4-5-11/h11H,2-5H2,1H3. The molecule has 12 heavy (non-hydrogen) atoms. The van der Waals surface area contributed by atoms with Crippen LogP contribution in [-0.2, 0) is 12.8 Å². The highest BCUT2D eigenvalue weighted by atomic mass is 35.5. The Morgan fingerprint density at radius 3 is 2.83 bits per heavy atom. The number of hydrogen-bond donors (Lipinski definition) is 1. The van der Waals surface area contributed by atoms with Gasteiger partial charge < -0.3 is 5.11 Å². The maximum Gasteiger partial charge on any atom is 0.143 e. The highest BCUT2D eigenvalue weighted by molar-refractivity contribution is 7.12. The summed E-state index contributed by atoms with van der Waals surface area (Å²) in [4.78, 5) is 5.19. The van der Waals surface area contributed by atoms with Gasteiger partial charge in [-0.15, -0.1) is 11.3 Å². The van der Waals surface area contributed by atoms with Crippen molar-refractivity contribution in [2.24, 2.45) is 0 Å². The quantitative estimate of drug-likeness (QED) is 0.818. The van der Waals surface area contributed by atoms with Crippen LogP contribution in [-0.4, -0.2) is 16.7 Å². The molecule has 0 atom stereocenters. The predicted molar refractivity (Wildman–Crippen MR) is 51.9 cm³/mol. The van der Waals surface area contributed by atoms with Gasteiger partial charge in [-0.2, -0.15) is 0 Å². The lowest BCUT2D eigenvalue weighted by molar-refractivity contribution is 0.300. The van der Waals surface area contributed by atoms with Gasteiger partial charge in [0, 0.05) is 17.9 Å². The minimum atomic E-state index is 0.146. The summed E-state index contributed by atoms with van der Waals surface area (Å²) in [5.74, 6) is 0. The van der Waals surface area contributed by atoms with Crippen LogP contribution in [0.1, 0.15) is 23.2 Å². The Labute approximate surface area is 81.2 Å². The van der Waals surface area contributed by atoms with Crippen LogP contribution in [0.4, 0.5) is 0 Å². The molecule has 68 valence electrons. The first-order valence-corrected chi connectivity index (χ1v) is 5.22. The molecular formula is C8H12ClNOS. The first-order chi connectivity index (χ1) is 5.77. The largest absolute Gasteiger partial charge is 0.396 e. The maximum absolute atomic E-state index is 8.70. The lowest BCUT2D eigenvalue weighted by Crippen LogP contribution is -1.86. The molecule has 0 fully saturated rings. The molecule has 0 aromatic carbocycles. The number of aliphatic hydroxyl groups excluding tert-OH is 1. The molecule has 0 aliphatic rings. The minimum absolute atomic E-state index is 0.146. The van der Waals surface area contributed by atoms with Crippen LogP contribution in [0.2, 0.25) is 5.15 Å². The van der Waals surface area contributed by atoms with E-state index < -0.39 is 0 Å². The summed E-state index contributed by atoms with van der Waals surface area (Å²) in [6, 6.07) is 0. The second-order valence-corrected chi connectivity index (χ2v) is 4.07. The fourth-order valence-corrected chi connectivity index (χ4v) is 2.37. The number of aromatic nitrogens is 1. The fourth-order valence-electron chi connectivity index (χ4n) is 0.955.